The normalized spacial score (nSPS) is 11.0. The van der Waals surface area contributed by atoms with Gasteiger partial charge in [-0.25, -0.2) is 0 Å². The zero-order valence-electron chi connectivity index (χ0n) is 7.86. The molecule has 1 aromatic carbocycles. The van der Waals surface area contributed by atoms with E-state index in [0.29, 0.717) is 6.26 Å². The lowest BCUT2D eigenvalue weighted by Crippen LogP contribution is -2.06. The van der Waals surface area contributed by atoms with E-state index < -0.39 is 12.4 Å². The van der Waals surface area contributed by atoms with Crippen molar-refractivity contribution in [3.05, 3.63) is 41.1 Å². The first-order chi connectivity index (χ1) is 7.54. The Hall–Kier alpha value is -1.62. The van der Waals surface area contributed by atoms with Crippen molar-refractivity contribution in [2.75, 3.05) is 0 Å². The summed E-state index contributed by atoms with van der Waals surface area (Å²) in [5, 5.41) is 8.62. The number of carbonyl (C=O) groups is 1. The Morgan fingerprint density at radius 1 is 1.50 bits per heavy atom. The largest absolute Gasteiger partial charge is 0.515 e. The highest BCUT2D eigenvalue weighted by molar-refractivity contribution is 6.31. The zero-order valence-corrected chi connectivity index (χ0v) is 8.62. The number of ether oxygens (including phenoxy) is 1. The molecule has 16 heavy (non-hydrogen) atoms. The Morgan fingerprint density at radius 2 is 2.19 bits per heavy atom. The molecule has 3 nitrogen and oxygen atoms in total. The van der Waals surface area contributed by atoms with E-state index in [-0.39, 0.29) is 16.3 Å². The van der Waals surface area contributed by atoms with E-state index in [9.17, 15) is 13.6 Å². The fraction of sp³-hybridized carbons (Fsp3) is 0.100. The number of carbonyl (C=O) groups excluding carboxylic acids is 1. The van der Waals surface area contributed by atoms with E-state index in [4.69, 9.17) is 16.7 Å². The topological polar surface area (TPSA) is 46.5 Å². The molecule has 0 amide bonds. The van der Waals surface area contributed by atoms with E-state index in [0.717, 1.165) is 12.1 Å². The lowest BCUT2D eigenvalue weighted by atomic mass is 10.1. The van der Waals surface area contributed by atoms with Crippen LogP contribution >= 0.6 is 11.6 Å². The summed E-state index contributed by atoms with van der Waals surface area (Å²) >= 11 is 5.62. The van der Waals surface area contributed by atoms with Gasteiger partial charge in [0.1, 0.15) is 5.75 Å². The molecule has 1 rings (SSSR count). The van der Waals surface area contributed by atoms with E-state index in [1.165, 1.54) is 12.1 Å². The third-order valence-corrected chi connectivity index (χ3v) is 1.88. The summed E-state index contributed by atoms with van der Waals surface area (Å²) in [5.74, 6) is -0.969. The third-order valence-electron chi connectivity index (χ3n) is 1.65. The summed E-state index contributed by atoms with van der Waals surface area (Å²) in [6.07, 6.45) is 1.32. The number of allylic oxidation sites excluding steroid dienone is 1. The molecule has 1 N–H and O–H groups in total. The molecular weight excluding hydrogens is 242 g/mol. The molecule has 0 atom stereocenters. The average molecular weight is 249 g/mol. The van der Waals surface area contributed by atoms with Gasteiger partial charge in [-0.1, -0.05) is 11.6 Å². The quantitative estimate of drug-likeness (QED) is 0.506. The summed E-state index contributed by atoms with van der Waals surface area (Å²) in [4.78, 5) is 11.4. The number of aliphatic hydroxyl groups is 1. The number of alkyl halides is 2. The van der Waals surface area contributed by atoms with Crippen molar-refractivity contribution in [3.63, 3.8) is 0 Å². The number of rotatable bonds is 4. The van der Waals surface area contributed by atoms with Gasteiger partial charge in [0.25, 0.3) is 0 Å². The Balaban J connectivity index is 3.12. The van der Waals surface area contributed by atoms with Gasteiger partial charge in [-0.3, -0.25) is 4.79 Å². The lowest BCUT2D eigenvalue weighted by molar-refractivity contribution is -0.0501. The maximum absolute atomic E-state index is 12.0. The molecule has 0 saturated carbocycles. The number of benzene rings is 1. The van der Waals surface area contributed by atoms with E-state index in [2.05, 4.69) is 4.74 Å². The summed E-state index contributed by atoms with van der Waals surface area (Å²) < 4.78 is 28.2. The van der Waals surface area contributed by atoms with E-state index in [1.54, 1.807) is 0 Å². The van der Waals surface area contributed by atoms with Gasteiger partial charge in [-0.2, -0.15) is 8.78 Å². The molecule has 0 heterocycles. The average Bonchev–Trinajstić information content (AvgIpc) is 2.20. The van der Waals surface area contributed by atoms with Crippen molar-refractivity contribution in [1.82, 2.24) is 0 Å². The Labute approximate surface area is 94.9 Å². The minimum Gasteiger partial charge on any atom is -0.515 e. The summed E-state index contributed by atoms with van der Waals surface area (Å²) in [6.45, 7) is -3.04. The number of hydrogen-bond donors (Lipinski definition) is 1. The predicted molar refractivity (Wildman–Crippen MR) is 54.2 cm³/mol. The van der Waals surface area contributed by atoms with Gasteiger partial charge in [0.15, 0.2) is 5.78 Å². The van der Waals surface area contributed by atoms with Crippen LogP contribution in [0, 0.1) is 0 Å². The predicted octanol–water partition coefficient (Wildman–Crippen LogP) is 3.20. The van der Waals surface area contributed by atoms with Crippen LogP contribution in [0.15, 0.2) is 30.5 Å². The Morgan fingerprint density at radius 3 is 2.75 bits per heavy atom. The molecule has 0 radical (unpaired) electrons. The number of ketones is 1. The standard InChI is InChI=1S/C10H7ClF2O3/c11-6-1-2-9(16-10(12)13)7(5-6)8(15)3-4-14/h1-5,10,14H/b4-3-. The molecule has 6 heteroatoms. The highest BCUT2D eigenvalue weighted by Gasteiger charge is 2.14. The second kappa shape index (κ2) is 5.46. The van der Waals surface area contributed by atoms with E-state index in [1.807, 2.05) is 0 Å². The van der Waals surface area contributed by atoms with Crippen molar-refractivity contribution in [2.45, 2.75) is 6.61 Å². The van der Waals surface area contributed by atoms with Gasteiger partial charge in [0.2, 0.25) is 0 Å². The SMILES string of the molecule is O=C(/C=C\O)c1cc(Cl)ccc1OC(F)F. The van der Waals surface area contributed by atoms with Crippen LogP contribution in [0.4, 0.5) is 8.78 Å². The minimum absolute atomic E-state index is 0.141. The van der Waals surface area contributed by atoms with Crippen LogP contribution in [0.2, 0.25) is 5.02 Å². The van der Waals surface area contributed by atoms with Gasteiger partial charge >= 0.3 is 6.61 Å². The highest BCUT2D eigenvalue weighted by atomic mass is 35.5. The highest BCUT2D eigenvalue weighted by Crippen LogP contribution is 2.25. The smallest absolute Gasteiger partial charge is 0.387 e. The summed E-state index contributed by atoms with van der Waals surface area (Å²) in [5.41, 5.74) is -0.141. The number of halogens is 3. The van der Waals surface area contributed by atoms with Crippen LogP contribution in [0.25, 0.3) is 0 Å². The van der Waals surface area contributed by atoms with Crippen molar-refractivity contribution in [1.29, 1.82) is 0 Å². The molecule has 0 fully saturated rings. The van der Waals surface area contributed by atoms with Crippen molar-refractivity contribution < 1.29 is 23.4 Å². The molecule has 0 bridgehead atoms. The van der Waals surface area contributed by atoms with Crippen LogP contribution in [0.5, 0.6) is 5.75 Å². The maximum Gasteiger partial charge on any atom is 0.387 e. The number of hydrogen-bond acceptors (Lipinski definition) is 3. The van der Waals surface area contributed by atoms with Gasteiger partial charge in [0, 0.05) is 11.1 Å². The van der Waals surface area contributed by atoms with Gasteiger partial charge < -0.3 is 9.84 Å². The zero-order chi connectivity index (χ0) is 12.1. The van der Waals surface area contributed by atoms with Gasteiger partial charge in [-0.15, -0.1) is 0 Å². The molecule has 0 saturated heterocycles. The van der Waals surface area contributed by atoms with Crippen LogP contribution in [0.3, 0.4) is 0 Å². The molecule has 0 unspecified atom stereocenters. The van der Waals surface area contributed by atoms with Gasteiger partial charge in [-0.05, 0) is 18.2 Å². The van der Waals surface area contributed by atoms with Gasteiger partial charge in [0.05, 0.1) is 11.8 Å². The second-order valence-corrected chi connectivity index (χ2v) is 3.14. The lowest BCUT2D eigenvalue weighted by Gasteiger charge is -2.08. The summed E-state index contributed by atoms with van der Waals surface area (Å²) in [7, 11) is 0. The van der Waals surface area contributed by atoms with Crippen LogP contribution in [0.1, 0.15) is 10.4 Å². The van der Waals surface area contributed by atoms with Crippen molar-refractivity contribution >= 4 is 17.4 Å². The molecule has 0 aromatic heterocycles. The van der Waals surface area contributed by atoms with Crippen LogP contribution in [-0.2, 0) is 0 Å². The maximum atomic E-state index is 12.0. The van der Waals surface area contributed by atoms with E-state index >= 15 is 0 Å². The first kappa shape index (κ1) is 12.4. The monoisotopic (exact) mass is 248 g/mol. The second-order valence-electron chi connectivity index (χ2n) is 2.70. The number of aliphatic hydroxyl groups excluding tert-OH is 1. The fourth-order valence-corrected chi connectivity index (χ4v) is 1.22. The molecule has 0 aliphatic heterocycles. The first-order valence-electron chi connectivity index (χ1n) is 4.14. The third kappa shape index (κ3) is 3.20. The molecular formula is C10H7ClF2O3. The molecule has 1 aromatic rings. The minimum atomic E-state index is -3.04. The Kier molecular flexibility index (Phi) is 4.25. The molecule has 0 aliphatic carbocycles. The summed E-state index contributed by atoms with van der Waals surface area (Å²) in [6, 6.07) is 3.66. The molecule has 86 valence electrons. The molecule has 0 aliphatic rings. The van der Waals surface area contributed by atoms with Crippen molar-refractivity contribution in [2.24, 2.45) is 0 Å². The Bertz CT molecular complexity index is 419. The molecule has 0 spiro atoms. The fourth-order valence-electron chi connectivity index (χ4n) is 1.05. The van der Waals surface area contributed by atoms with Crippen LogP contribution in [-0.4, -0.2) is 17.5 Å². The van der Waals surface area contributed by atoms with Crippen molar-refractivity contribution in [3.8, 4) is 5.75 Å². The first-order valence-corrected chi connectivity index (χ1v) is 4.52. The van der Waals surface area contributed by atoms with Crippen LogP contribution < -0.4 is 4.74 Å².